The van der Waals surface area contributed by atoms with Gasteiger partial charge in [-0.1, -0.05) is 70.4 Å². The summed E-state index contributed by atoms with van der Waals surface area (Å²) >= 11 is 0.490. The number of rotatable bonds is 16. The molecule has 0 saturated heterocycles. The first kappa shape index (κ1) is 29.3. The molecule has 0 rings (SSSR count). The van der Waals surface area contributed by atoms with E-state index in [1.54, 1.807) is 0 Å². The van der Waals surface area contributed by atoms with Crippen molar-refractivity contribution in [3.8, 4) is 0 Å². The summed E-state index contributed by atoms with van der Waals surface area (Å²) in [6, 6.07) is 0. The van der Waals surface area contributed by atoms with Crippen LogP contribution in [0.2, 0.25) is 0 Å². The zero-order valence-electron chi connectivity index (χ0n) is 17.7. The molecule has 0 radical (unpaired) electrons. The molecule has 0 fully saturated rings. The molecule has 0 aromatic carbocycles. The second-order valence-corrected chi connectivity index (χ2v) is 11.8. The van der Waals surface area contributed by atoms with Crippen LogP contribution < -0.4 is 0 Å². The average Bonchev–Trinajstić information content (AvgIpc) is 2.57. The van der Waals surface area contributed by atoms with Crippen LogP contribution in [0.3, 0.4) is 0 Å². The molecule has 27 heavy (non-hydrogen) atoms. The van der Waals surface area contributed by atoms with E-state index in [2.05, 4.69) is 19.1 Å². The third-order valence-electron chi connectivity index (χ3n) is 4.25. The Morgan fingerprint density at radius 1 is 0.889 bits per heavy atom. The zero-order valence-corrected chi connectivity index (χ0v) is 20.5. The van der Waals surface area contributed by atoms with E-state index >= 15 is 0 Å². The van der Waals surface area contributed by atoms with E-state index in [4.69, 9.17) is 9.66 Å². The summed E-state index contributed by atoms with van der Waals surface area (Å²) in [5.41, 5.74) is 0. The fourth-order valence-corrected chi connectivity index (χ4v) is 2.35. The van der Waals surface area contributed by atoms with Gasteiger partial charge in [0, 0.05) is 6.42 Å². The van der Waals surface area contributed by atoms with Crippen molar-refractivity contribution in [2.45, 2.75) is 106 Å². The molecule has 156 valence electrons. The number of aliphatic carboxylic acids is 1. The molecule has 0 saturated carbocycles. The number of carboxylic acids is 1. The van der Waals surface area contributed by atoms with E-state index < -0.39 is 18.6 Å². The van der Waals surface area contributed by atoms with Crippen molar-refractivity contribution in [3.63, 3.8) is 0 Å². The molecule has 0 spiro atoms. The zero-order chi connectivity index (χ0) is 21.0. The Bertz CT molecular complexity index is 461. The van der Waals surface area contributed by atoms with Gasteiger partial charge in [-0.3, -0.25) is 4.79 Å². The van der Waals surface area contributed by atoms with Crippen molar-refractivity contribution in [2.75, 3.05) is 0 Å². The molecule has 5 nitrogen and oxygen atoms in total. The van der Waals surface area contributed by atoms with Crippen molar-refractivity contribution in [1.29, 1.82) is 0 Å². The molecule has 1 atom stereocenters. The second kappa shape index (κ2) is 20.8. The first-order chi connectivity index (χ1) is 12.7. The minimum absolute atomic E-state index is 0.332. The van der Waals surface area contributed by atoms with Crippen LogP contribution in [0, 0.1) is 0 Å². The maximum atomic E-state index is 10.3. The maximum absolute atomic E-state index is 10.3. The van der Waals surface area contributed by atoms with E-state index in [1.165, 1.54) is 77.6 Å². The standard InChI is InChI=1S/C18H34O2.C2H5O3S.Na/c1-2-3-4-5-6-7-8-9-10-11-12-13-14-15-16-17-18(19)20;1-2-6(3,4)5;/h9-10H,2-8,11-17H2,1H3,(H,19,20);2H,1H3,(H,3,4,5);/b10-9-;;. The van der Waals surface area contributed by atoms with Gasteiger partial charge < -0.3 is 5.11 Å². The van der Waals surface area contributed by atoms with Crippen molar-refractivity contribution >= 4 is 44.0 Å². The number of hydrogen-bond donors (Lipinski definition) is 2. The van der Waals surface area contributed by atoms with Gasteiger partial charge in [0.1, 0.15) is 0 Å². The van der Waals surface area contributed by atoms with Crippen LogP contribution in [0.15, 0.2) is 12.2 Å². The molecule has 0 amide bonds. The number of carbonyl (C=O) groups is 1. The Kier molecular flexibility index (Phi) is 22.6. The summed E-state index contributed by atoms with van der Waals surface area (Å²) in [6.07, 6.45) is 21.2. The van der Waals surface area contributed by atoms with Gasteiger partial charge in [0.15, 0.2) is 0 Å². The van der Waals surface area contributed by atoms with Gasteiger partial charge in [0.05, 0.1) is 0 Å². The Morgan fingerprint density at radius 2 is 1.26 bits per heavy atom. The summed E-state index contributed by atoms with van der Waals surface area (Å²) in [7, 11) is -3.68. The summed E-state index contributed by atoms with van der Waals surface area (Å²) in [5, 5.41) is 8.51. The third-order valence-corrected chi connectivity index (χ3v) is 7.23. The Morgan fingerprint density at radius 3 is 1.63 bits per heavy atom. The summed E-state index contributed by atoms with van der Waals surface area (Å²) < 4.78 is 27.4. The SMILES string of the molecule is CCCCCCCC/C=C\CCCCCCCC(=O)O.C[CH]([Na])S(=O)(=O)O. The van der Waals surface area contributed by atoms with Crippen LogP contribution in [-0.2, 0) is 14.9 Å². The van der Waals surface area contributed by atoms with Gasteiger partial charge in [0.2, 0.25) is 0 Å². The molecule has 1 unspecified atom stereocenters. The molecule has 0 aromatic rings. The fraction of sp³-hybridized carbons (Fsp3) is 0.850. The molecule has 0 aliphatic heterocycles. The normalized spacial score (nSPS) is 12.6. The van der Waals surface area contributed by atoms with Crippen LogP contribution in [0.5, 0.6) is 0 Å². The number of unbranched alkanes of at least 4 members (excludes halogenated alkanes) is 11. The monoisotopic (exact) mass is 414 g/mol. The average molecular weight is 415 g/mol. The van der Waals surface area contributed by atoms with Crippen molar-refractivity contribution in [3.05, 3.63) is 12.2 Å². The van der Waals surface area contributed by atoms with E-state index in [1.807, 2.05) is 0 Å². The topological polar surface area (TPSA) is 91.7 Å². The van der Waals surface area contributed by atoms with Crippen molar-refractivity contribution in [1.82, 2.24) is 0 Å². The number of allylic oxidation sites excluding steroid dienone is 2. The minimum atomic E-state index is -3.68. The van der Waals surface area contributed by atoms with Crippen LogP contribution in [0.25, 0.3) is 0 Å². The quantitative estimate of drug-likeness (QED) is 0.151. The molecular weight excluding hydrogens is 375 g/mol. The molecule has 7 heteroatoms. The van der Waals surface area contributed by atoms with E-state index in [0.717, 1.165) is 12.8 Å². The van der Waals surface area contributed by atoms with E-state index in [0.29, 0.717) is 34.4 Å². The van der Waals surface area contributed by atoms with Gasteiger partial charge >= 0.3 is 66.4 Å². The third kappa shape index (κ3) is 28.4. The Labute approximate surface area is 184 Å². The molecule has 0 aliphatic carbocycles. The summed E-state index contributed by atoms with van der Waals surface area (Å²) in [5.74, 6) is -0.664. The van der Waals surface area contributed by atoms with Gasteiger partial charge in [-0.05, 0) is 32.1 Å². The van der Waals surface area contributed by atoms with E-state index in [9.17, 15) is 13.2 Å². The molecule has 0 heterocycles. The number of hydrogen-bond acceptors (Lipinski definition) is 3. The predicted molar refractivity (Wildman–Crippen MR) is 114 cm³/mol. The van der Waals surface area contributed by atoms with Crippen molar-refractivity contribution < 1.29 is 22.9 Å². The van der Waals surface area contributed by atoms with Gasteiger partial charge in [-0.25, -0.2) is 0 Å². The van der Waals surface area contributed by atoms with Crippen LogP contribution in [-0.4, -0.2) is 54.5 Å². The van der Waals surface area contributed by atoms with E-state index in [-0.39, 0.29) is 0 Å². The Hall–Kier alpha value is 0.120. The van der Waals surface area contributed by atoms with Gasteiger partial charge in [-0.2, -0.15) is 0 Å². The molecule has 0 aromatic heterocycles. The molecule has 2 N–H and O–H groups in total. The summed E-state index contributed by atoms with van der Waals surface area (Å²) in [6.45, 7) is 3.73. The fourth-order valence-electron chi connectivity index (χ4n) is 2.35. The van der Waals surface area contributed by atoms with Crippen molar-refractivity contribution in [2.24, 2.45) is 0 Å². The first-order valence-electron chi connectivity index (χ1n) is 10.5. The molecule has 0 aliphatic rings. The van der Waals surface area contributed by atoms with Crippen LogP contribution in [0.4, 0.5) is 0 Å². The number of carboxylic acid groups (broad SMARTS) is 1. The Balaban J connectivity index is 0. The summed E-state index contributed by atoms with van der Waals surface area (Å²) in [4.78, 5) is 10.3. The molecular formula is C20H39NaO5S. The first-order valence-corrected chi connectivity index (χ1v) is 13.2. The second-order valence-electron chi connectivity index (χ2n) is 7.29. The van der Waals surface area contributed by atoms with Crippen LogP contribution in [0.1, 0.15) is 104 Å². The van der Waals surface area contributed by atoms with Crippen LogP contribution >= 0.6 is 0 Å². The molecule has 0 bridgehead atoms. The van der Waals surface area contributed by atoms with Gasteiger partial charge in [-0.15, -0.1) is 0 Å². The predicted octanol–water partition coefficient (Wildman–Crippen LogP) is 5.50. The van der Waals surface area contributed by atoms with Gasteiger partial charge in [0.25, 0.3) is 0 Å².